The van der Waals surface area contributed by atoms with Gasteiger partial charge in [-0.3, -0.25) is 15.7 Å². The number of ether oxygens (including phenoxy) is 2. The van der Waals surface area contributed by atoms with Gasteiger partial charge in [-0.25, -0.2) is 0 Å². The summed E-state index contributed by atoms with van der Waals surface area (Å²) in [6.45, 7) is 2.76. The second-order valence-electron chi connectivity index (χ2n) is 6.04. The fourth-order valence-corrected chi connectivity index (χ4v) is 3.06. The molecule has 1 saturated carbocycles. The van der Waals surface area contributed by atoms with Crippen molar-refractivity contribution in [3.8, 4) is 0 Å². The van der Waals surface area contributed by atoms with Gasteiger partial charge in [0.05, 0.1) is 12.7 Å². The Balaban J connectivity index is 1.53. The predicted molar refractivity (Wildman–Crippen MR) is 86.2 cm³/mol. The quantitative estimate of drug-likeness (QED) is 0.175. The number of nitrogens with zero attached hydrogens (tertiary/aromatic N) is 2. The maximum absolute atomic E-state index is 8.71. The van der Waals surface area contributed by atoms with Gasteiger partial charge in [0, 0.05) is 19.0 Å². The zero-order chi connectivity index (χ0) is 16.3. The molecule has 132 valence electrons. The van der Waals surface area contributed by atoms with Gasteiger partial charge < -0.3 is 20.0 Å². The average molecular weight is 328 g/mol. The summed E-state index contributed by atoms with van der Waals surface area (Å²) in [5.74, 6) is 0.705. The number of hydrogen-bond donors (Lipinski definition) is 4. The molecule has 1 aliphatic heterocycles. The SMILES string of the molecule is O/N=C/C(=NCCCNCC1COC(C2CCCCC2)O1)NO. The number of hydrogen-bond acceptors (Lipinski definition) is 7. The Hall–Kier alpha value is -1.22. The van der Waals surface area contributed by atoms with Crippen LogP contribution in [-0.4, -0.2) is 61.1 Å². The molecule has 8 heteroatoms. The molecule has 2 atom stereocenters. The Labute approximate surface area is 136 Å². The maximum Gasteiger partial charge on any atom is 0.166 e. The molecule has 23 heavy (non-hydrogen) atoms. The Bertz CT molecular complexity index is 386. The van der Waals surface area contributed by atoms with Crippen LogP contribution in [0.5, 0.6) is 0 Å². The van der Waals surface area contributed by atoms with Gasteiger partial charge in [-0.1, -0.05) is 24.4 Å². The summed E-state index contributed by atoms with van der Waals surface area (Å²) in [5, 5.41) is 23.2. The van der Waals surface area contributed by atoms with E-state index >= 15 is 0 Å². The second-order valence-corrected chi connectivity index (χ2v) is 6.04. The lowest BCUT2D eigenvalue weighted by atomic mass is 9.89. The fourth-order valence-electron chi connectivity index (χ4n) is 3.06. The maximum atomic E-state index is 8.71. The van der Waals surface area contributed by atoms with Gasteiger partial charge in [0.2, 0.25) is 0 Å². The van der Waals surface area contributed by atoms with E-state index in [9.17, 15) is 0 Å². The number of amidine groups is 1. The summed E-state index contributed by atoms with van der Waals surface area (Å²) in [4.78, 5) is 4.02. The first-order valence-electron chi connectivity index (χ1n) is 8.43. The van der Waals surface area contributed by atoms with Crippen molar-refractivity contribution in [1.29, 1.82) is 0 Å². The molecule has 0 aromatic heterocycles. The van der Waals surface area contributed by atoms with Gasteiger partial charge in [0.1, 0.15) is 6.21 Å². The van der Waals surface area contributed by atoms with Crippen LogP contribution in [-0.2, 0) is 9.47 Å². The van der Waals surface area contributed by atoms with Crippen LogP contribution in [0.3, 0.4) is 0 Å². The van der Waals surface area contributed by atoms with Crippen LogP contribution in [0.4, 0.5) is 0 Å². The zero-order valence-corrected chi connectivity index (χ0v) is 13.5. The molecule has 2 fully saturated rings. The molecule has 2 aliphatic rings. The van der Waals surface area contributed by atoms with Crippen LogP contribution >= 0.6 is 0 Å². The minimum Gasteiger partial charge on any atom is -0.411 e. The normalized spacial score (nSPS) is 26.9. The van der Waals surface area contributed by atoms with Crippen molar-refractivity contribution >= 4 is 12.1 Å². The monoisotopic (exact) mass is 328 g/mol. The molecular formula is C15H28N4O4. The Morgan fingerprint density at radius 3 is 2.83 bits per heavy atom. The molecule has 1 saturated heterocycles. The second kappa shape index (κ2) is 10.5. The van der Waals surface area contributed by atoms with Crippen LogP contribution in [0.2, 0.25) is 0 Å². The molecule has 4 N–H and O–H groups in total. The molecule has 2 rings (SSSR count). The third kappa shape index (κ3) is 6.42. The highest BCUT2D eigenvalue weighted by Gasteiger charge is 2.32. The zero-order valence-electron chi connectivity index (χ0n) is 13.5. The van der Waals surface area contributed by atoms with E-state index in [1.807, 2.05) is 5.48 Å². The molecule has 2 unspecified atom stereocenters. The van der Waals surface area contributed by atoms with Gasteiger partial charge in [0.25, 0.3) is 0 Å². The van der Waals surface area contributed by atoms with Gasteiger partial charge >= 0.3 is 0 Å². The molecule has 0 bridgehead atoms. The lowest BCUT2D eigenvalue weighted by molar-refractivity contribution is -0.104. The molecule has 0 amide bonds. The molecule has 1 heterocycles. The number of aliphatic imine (C=N–C) groups is 1. The first-order chi connectivity index (χ1) is 11.3. The van der Waals surface area contributed by atoms with Crippen LogP contribution in [0.15, 0.2) is 10.1 Å². The van der Waals surface area contributed by atoms with E-state index in [1.165, 1.54) is 32.1 Å². The summed E-state index contributed by atoms with van der Waals surface area (Å²) in [5.41, 5.74) is 1.86. The standard InChI is InChI=1S/C15H28N4O4/c20-18-10-14(19-21)17-8-4-7-16-9-13-11-22-15(23-13)12-5-2-1-3-6-12/h10,12-13,15-16,20-21H,1-9,11H2,(H,17,19)/b18-10+. The topological polar surface area (TPSA) is 108 Å². The third-order valence-electron chi connectivity index (χ3n) is 4.27. The minimum absolute atomic E-state index is 0.0114. The number of rotatable bonds is 8. The van der Waals surface area contributed by atoms with Crippen LogP contribution < -0.4 is 10.8 Å². The van der Waals surface area contributed by atoms with E-state index in [1.54, 1.807) is 0 Å². The Morgan fingerprint density at radius 1 is 1.26 bits per heavy atom. The third-order valence-corrected chi connectivity index (χ3v) is 4.27. The Morgan fingerprint density at radius 2 is 2.09 bits per heavy atom. The summed E-state index contributed by atoms with van der Waals surface area (Å²) < 4.78 is 11.8. The Kier molecular flexibility index (Phi) is 8.30. The van der Waals surface area contributed by atoms with E-state index in [0.717, 1.165) is 25.7 Å². The van der Waals surface area contributed by atoms with Crippen LogP contribution in [0, 0.1) is 5.92 Å². The lowest BCUT2D eigenvalue weighted by Crippen LogP contribution is -2.31. The van der Waals surface area contributed by atoms with Crippen molar-refractivity contribution in [3.63, 3.8) is 0 Å². The van der Waals surface area contributed by atoms with Crippen LogP contribution in [0.1, 0.15) is 38.5 Å². The fraction of sp³-hybridized carbons (Fsp3) is 0.867. The smallest absolute Gasteiger partial charge is 0.166 e. The van der Waals surface area contributed by atoms with Crippen molar-refractivity contribution < 1.29 is 19.9 Å². The number of oxime groups is 1. The van der Waals surface area contributed by atoms with E-state index < -0.39 is 0 Å². The highest BCUT2D eigenvalue weighted by atomic mass is 16.7. The van der Waals surface area contributed by atoms with Crippen LogP contribution in [0.25, 0.3) is 0 Å². The molecule has 1 aliphatic carbocycles. The molecular weight excluding hydrogens is 300 g/mol. The molecule has 0 aromatic rings. The summed E-state index contributed by atoms with van der Waals surface area (Å²) in [6.07, 6.45) is 8.35. The van der Waals surface area contributed by atoms with Gasteiger partial charge in [-0.05, 0) is 25.8 Å². The van der Waals surface area contributed by atoms with Crippen molar-refractivity contribution in [1.82, 2.24) is 10.8 Å². The average Bonchev–Trinajstić information content (AvgIpc) is 3.06. The van der Waals surface area contributed by atoms with Gasteiger partial charge in [0.15, 0.2) is 12.1 Å². The van der Waals surface area contributed by atoms with Crippen molar-refractivity contribution in [2.75, 3.05) is 26.2 Å². The van der Waals surface area contributed by atoms with Crippen molar-refractivity contribution in [2.24, 2.45) is 16.1 Å². The first-order valence-corrected chi connectivity index (χ1v) is 8.43. The van der Waals surface area contributed by atoms with E-state index in [0.29, 0.717) is 19.1 Å². The molecule has 0 radical (unpaired) electrons. The van der Waals surface area contributed by atoms with E-state index in [2.05, 4.69) is 15.5 Å². The predicted octanol–water partition coefficient (Wildman–Crippen LogP) is 1.13. The number of nitrogens with one attached hydrogen (secondary N) is 2. The number of hydroxylamine groups is 1. The summed E-state index contributed by atoms with van der Waals surface area (Å²) in [6, 6.07) is 0. The summed E-state index contributed by atoms with van der Waals surface area (Å²) >= 11 is 0. The van der Waals surface area contributed by atoms with E-state index in [-0.39, 0.29) is 18.2 Å². The van der Waals surface area contributed by atoms with E-state index in [4.69, 9.17) is 19.9 Å². The largest absolute Gasteiger partial charge is 0.411 e. The summed E-state index contributed by atoms with van der Waals surface area (Å²) in [7, 11) is 0. The van der Waals surface area contributed by atoms with Crippen molar-refractivity contribution in [3.05, 3.63) is 0 Å². The molecule has 0 aromatic carbocycles. The molecule has 0 spiro atoms. The van der Waals surface area contributed by atoms with Gasteiger partial charge in [-0.15, -0.1) is 0 Å². The lowest BCUT2D eigenvalue weighted by Gasteiger charge is -2.26. The highest BCUT2D eigenvalue weighted by Crippen LogP contribution is 2.31. The van der Waals surface area contributed by atoms with Crippen molar-refractivity contribution in [2.45, 2.75) is 50.9 Å². The van der Waals surface area contributed by atoms with Gasteiger partial charge in [-0.2, -0.15) is 0 Å². The molecule has 8 nitrogen and oxygen atoms in total. The highest BCUT2D eigenvalue weighted by molar-refractivity contribution is 6.28. The first kappa shape index (κ1) is 18.1. The minimum atomic E-state index is -0.0114.